The van der Waals surface area contributed by atoms with Crippen molar-refractivity contribution in [3.05, 3.63) is 33.2 Å². The molecule has 2 aliphatic rings. The van der Waals surface area contributed by atoms with Gasteiger partial charge in [0.15, 0.2) is 5.43 Å². The van der Waals surface area contributed by atoms with Crippen LogP contribution in [0.25, 0.3) is 0 Å². The summed E-state index contributed by atoms with van der Waals surface area (Å²) in [6.07, 6.45) is 4.52. The zero-order valence-corrected chi connectivity index (χ0v) is 11.9. The molecule has 1 unspecified atom stereocenters. The summed E-state index contributed by atoms with van der Waals surface area (Å²) in [4.78, 5) is 20.4. The van der Waals surface area contributed by atoms with Gasteiger partial charge >= 0.3 is 0 Å². The van der Waals surface area contributed by atoms with Crippen molar-refractivity contribution >= 4 is 0 Å². The highest BCUT2D eigenvalue weighted by atomic mass is 16.1. The van der Waals surface area contributed by atoms with Gasteiger partial charge in [0.2, 0.25) is 0 Å². The molecule has 0 bridgehead atoms. The molecule has 0 amide bonds. The number of hydrogen-bond acceptors (Lipinski definition) is 3. The van der Waals surface area contributed by atoms with E-state index in [-0.39, 0.29) is 5.43 Å². The molecule has 1 aromatic heterocycles. The van der Waals surface area contributed by atoms with Crippen molar-refractivity contribution in [3.63, 3.8) is 0 Å². The van der Waals surface area contributed by atoms with Gasteiger partial charge in [-0.15, -0.1) is 0 Å². The Hall–Kier alpha value is -1.13. The van der Waals surface area contributed by atoms with Crippen LogP contribution in [0.1, 0.15) is 29.7 Å². The van der Waals surface area contributed by atoms with Crippen LogP contribution in [-0.2, 0) is 6.54 Å². The molecule has 1 aromatic rings. The van der Waals surface area contributed by atoms with Gasteiger partial charge in [-0.1, -0.05) is 0 Å². The summed E-state index contributed by atoms with van der Waals surface area (Å²) >= 11 is 0. The van der Waals surface area contributed by atoms with Crippen molar-refractivity contribution in [2.75, 3.05) is 26.2 Å². The van der Waals surface area contributed by atoms with Crippen LogP contribution in [0.3, 0.4) is 0 Å². The highest BCUT2D eigenvalue weighted by Gasteiger charge is 2.30. The Kier molecular flexibility index (Phi) is 3.46. The van der Waals surface area contributed by atoms with Gasteiger partial charge in [0.1, 0.15) is 0 Å². The molecule has 0 saturated carbocycles. The summed E-state index contributed by atoms with van der Waals surface area (Å²) in [6, 6.07) is 0.742. The highest BCUT2D eigenvalue weighted by Crippen LogP contribution is 2.22. The molecule has 0 aromatic carbocycles. The number of aromatic nitrogens is 1. The van der Waals surface area contributed by atoms with E-state index in [1.165, 1.54) is 25.9 Å². The first-order chi connectivity index (χ1) is 9.15. The normalized spacial score (nSPS) is 24.6. The monoisotopic (exact) mass is 261 g/mol. The van der Waals surface area contributed by atoms with Crippen molar-refractivity contribution in [2.24, 2.45) is 0 Å². The number of pyridine rings is 1. The highest BCUT2D eigenvalue weighted by molar-refractivity contribution is 5.23. The molecule has 19 heavy (non-hydrogen) atoms. The van der Waals surface area contributed by atoms with Crippen molar-refractivity contribution < 1.29 is 0 Å². The minimum absolute atomic E-state index is 0.188. The number of nitrogens with zero attached hydrogens (tertiary/aromatic N) is 2. The quantitative estimate of drug-likeness (QED) is 0.871. The van der Waals surface area contributed by atoms with E-state index >= 15 is 0 Å². The topological polar surface area (TPSA) is 39.3 Å². The lowest BCUT2D eigenvalue weighted by Crippen LogP contribution is -2.49. The second-order valence-corrected chi connectivity index (χ2v) is 5.97. The molecule has 3 heterocycles. The van der Waals surface area contributed by atoms with Crippen LogP contribution in [0.2, 0.25) is 0 Å². The molecule has 1 N–H and O–H groups in total. The van der Waals surface area contributed by atoms with Crippen LogP contribution in [0.5, 0.6) is 0 Å². The number of rotatable bonds is 2. The van der Waals surface area contributed by atoms with Crippen LogP contribution in [-0.4, -0.2) is 47.0 Å². The largest absolute Gasteiger partial charge is 0.363 e. The number of nitrogens with one attached hydrogen (secondary N) is 1. The minimum atomic E-state index is 0.188. The van der Waals surface area contributed by atoms with Crippen molar-refractivity contribution in [2.45, 2.75) is 39.3 Å². The van der Waals surface area contributed by atoms with E-state index in [1.54, 1.807) is 0 Å². The first kappa shape index (κ1) is 12.9. The van der Waals surface area contributed by atoms with Gasteiger partial charge in [0.25, 0.3) is 0 Å². The molecule has 2 fully saturated rings. The Morgan fingerprint density at radius 3 is 3.00 bits per heavy atom. The maximum atomic E-state index is 12.0. The van der Waals surface area contributed by atoms with Crippen LogP contribution in [0.4, 0.5) is 0 Å². The molecule has 4 nitrogen and oxygen atoms in total. The number of piperazine rings is 1. The Bertz CT molecular complexity index is 523. The molecule has 104 valence electrons. The molecule has 4 heteroatoms. The van der Waals surface area contributed by atoms with E-state index in [4.69, 9.17) is 0 Å². The summed E-state index contributed by atoms with van der Waals surface area (Å²) in [7, 11) is 0. The zero-order chi connectivity index (χ0) is 13.4. The van der Waals surface area contributed by atoms with E-state index in [2.05, 4.69) is 14.8 Å². The van der Waals surface area contributed by atoms with E-state index in [9.17, 15) is 4.79 Å². The minimum Gasteiger partial charge on any atom is -0.363 e. The van der Waals surface area contributed by atoms with Crippen LogP contribution >= 0.6 is 0 Å². The lowest BCUT2D eigenvalue weighted by atomic mass is 10.1. The average molecular weight is 261 g/mol. The fourth-order valence-electron chi connectivity index (χ4n) is 3.39. The Balaban J connectivity index is 1.72. The standard InChI is InChI=1S/C15H23N3O/c1-11-8-16-14(12(2)15(11)19)10-17-6-7-18-5-3-4-13(18)9-17/h8,13H,3-7,9-10H2,1-2H3,(H,16,19). The molecule has 0 aliphatic carbocycles. The second kappa shape index (κ2) is 5.10. The Morgan fingerprint density at radius 1 is 1.32 bits per heavy atom. The lowest BCUT2D eigenvalue weighted by Gasteiger charge is -2.37. The average Bonchev–Trinajstić information content (AvgIpc) is 2.87. The third-order valence-corrected chi connectivity index (χ3v) is 4.67. The number of aromatic amines is 1. The summed E-state index contributed by atoms with van der Waals surface area (Å²) in [5.41, 5.74) is 2.96. The zero-order valence-electron chi connectivity index (χ0n) is 11.9. The van der Waals surface area contributed by atoms with Gasteiger partial charge in [-0.05, 0) is 33.2 Å². The fraction of sp³-hybridized carbons (Fsp3) is 0.667. The molecule has 0 spiro atoms. The van der Waals surface area contributed by atoms with Crippen LogP contribution < -0.4 is 5.43 Å². The van der Waals surface area contributed by atoms with Gasteiger partial charge in [0.05, 0.1) is 0 Å². The molecular formula is C15H23N3O. The van der Waals surface area contributed by atoms with Crippen molar-refractivity contribution in [1.82, 2.24) is 14.8 Å². The van der Waals surface area contributed by atoms with E-state index in [0.29, 0.717) is 0 Å². The van der Waals surface area contributed by atoms with E-state index in [0.717, 1.165) is 42.5 Å². The smallest absolute Gasteiger partial charge is 0.187 e. The van der Waals surface area contributed by atoms with E-state index < -0.39 is 0 Å². The Labute approximate surface area is 114 Å². The first-order valence-corrected chi connectivity index (χ1v) is 7.29. The SMILES string of the molecule is Cc1c[nH]c(CN2CCN3CCCC3C2)c(C)c1=O. The molecular weight excluding hydrogens is 238 g/mol. The third-order valence-electron chi connectivity index (χ3n) is 4.67. The van der Waals surface area contributed by atoms with Gasteiger partial charge in [0, 0.05) is 55.2 Å². The van der Waals surface area contributed by atoms with E-state index in [1.807, 2.05) is 20.0 Å². The molecule has 0 radical (unpaired) electrons. The molecule has 2 aliphatic heterocycles. The molecule has 2 saturated heterocycles. The van der Waals surface area contributed by atoms with Gasteiger partial charge < -0.3 is 4.98 Å². The van der Waals surface area contributed by atoms with Gasteiger partial charge in [-0.2, -0.15) is 0 Å². The van der Waals surface area contributed by atoms with Gasteiger partial charge in [-0.3, -0.25) is 14.6 Å². The van der Waals surface area contributed by atoms with Crippen LogP contribution in [0, 0.1) is 13.8 Å². The maximum absolute atomic E-state index is 12.0. The summed E-state index contributed by atoms with van der Waals surface area (Å²) in [6.45, 7) is 9.41. The van der Waals surface area contributed by atoms with Crippen molar-refractivity contribution in [1.29, 1.82) is 0 Å². The fourth-order valence-corrected chi connectivity index (χ4v) is 3.39. The molecule has 1 atom stereocenters. The number of H-pyrrole nitrogens is 1. The number of aryl methyl sites for hydroxylation is 1. The summed E-state index contributed by atoms with van der Waals surface area (Å²) in [5, 5.41) is 0. The predicted octanol–water partition coefficient (Wildman–Crippen LogP) is 1.27. The summed E-state index contributed by atoms with van der Waals surface area (Å²) in [5.74, 6) is 0. The molecule has 3 rings (SSSR count). The van der Waals surface area contributed by atoms with Gasteiger partial charge in [-0.25, -0.2) is 0 Å². The maximum Gasteiger partial charge on any atom is 0.187 e. The third kappa shape index (κ3) is 2.47. The second-order valence-electron chi connectivity index (χ2n) is 5.97. The van der Waals surface area contributed by atoms with Crippen LogP contribution in [0.15, 0.2) is 11.0 Å². The first-order valence-electron chi connectivity index (χ1n) is 7.29. The Morgan fingerprint density at radius 2 is 2.16 bits per heavy atom. The number of hydrogen-bond donors (Lipinski definition) is 1. The predicted molar refractivity (Wildman–Crippen MR) is 76.4 cm³/mol. The lowest BCUT2D eigenvalue weighted by molar-refractivity contribution is 0.0983. The van der Waals surface area contributed by atoms with Crippen molar-refractivity contribution in [3.8, 4) is 0 Å². The summed E-state index contributed by atoms with van der Waals surface area (Å²) < 4.78 is 0. The number of fused-ring (bicyclic) bond motifs is 1.